The van der Waals surface area contributed by atoms with Gasteiger partial charge in [-0.05, 0) is 80.9 Å². The molecule has 2 heterocycles. The van der Waals surface area contributed by atoms with E-state index in [2.05, 4.69) is 32.3 Å². The van der Waals surface area contributed by atoms with Crippen molar-refractivity contribution in [3.63, 3.8) is 0 Å². The number of piperidine rings is 1. The highest BCUT2D eigenvalue weighted by atomic mass is 16.3. The molecule has 1 aliphatic heterocycles. The Kier molecular flexibility index (Phi) is 7.14. The van der Waals surface area contributed by atoms with E-state index in [0.717, 1.165) is 36.7 Å². The lowest BCUT2D eigenvalue weighted by Gasteiger charge is -2.26. The molecule has 188 valence electrons. The van der Waals surface area contributed by atoms with Crippen LogP contribution in [0.4, 0.5) is 17.1 Å². The minimum atomic E-state index is -0.378. The van der Waals surface area contributed by atoms with Crippen molar-refractivity contribution >= 4 is 39.8 Å². The first-order valence-corrected chi connectivity index (χ1v) is 12.6. The number of nitrogens with zero attached hydrogens (tertiary/aromatic N) is 2. The highest BCUT2D eigenvalue weighted by Crippen LogP contribution is 2.27. The molecule has 4 aromatic rings. The van der Waals surface area contributed by atoms with Gasteiger partial charge in [-0.1, -0.05) is 30.7 Å². The third-order valence-electron chi connectivity index (χ3n) is 6.73. The number of pyridine rings is 1. The number of rotatable bonds is 7. The van der Waals surface area contributed by atoms with Crippen molar-refractivity contribution in [2.45, 2.75) is 32.7 Å². The summed E-state index contributed by atoms with van der Waals surface area (Å²) in [5.74, 6) is -0.254. The summed E-state index contributed by atoms with van der Waals surface area (Å²) < 4.78 is 0. The van der Waals surface area contributed by atoms with Gasteiger partial charge in [0.25, 0.3) is 5.56 Å². The standard InChI is InChI=1S/C30H30N4O3/c1-20(35)22-6-5-7-24(16-22)32-25-12-13-26-27(17-25)28(30(37)33-29(26)36)18-31-23-10-8-21(9-11-23)19-34-14-3-2-4-15-34/h5-13,16-18,32H,2-4,14-15,19H2,1H3,(H2,33,36,37). The maximum atomic E-state index is 12.5. The minimum Gasteiger partial charge on any atom is -0.494 e. The van der Waals surface area contributed by atoms with Gasteiger partial charge in [-0.2, -0.15) is 0 Å². The van der Waals surface area contributed by atoms with Gasteiger partial charge < -0.3 is 10.4 Å². The molecular formula is C30H30N4O3. The first-order chi connectivity index (χ1) is 18.0. The van der Waals surface area contributed by atoms with Crippen LogP contribution >= 0.6 is 0 Å². The molecular weight excluding hydrogens is 464 g/mol. The largest absolute Gasteiger partial charge is 0.494 e. The molecule has 0 spiro atoms. The summed E-state index contributed by atoms with van der Waals surface area (Å²) in [5, 5.41) is 14.9. The first-order valence-electron chi connectivity index (χ1n) is 12.6. The van der Waals surface area contributed by atoms with Crippen LogP contribution in [-0.2, 0) is 6.54 Å². The van der Waals surface area contributed by atoms with Gasteiger partial charge in [0, 0.05) is 40.5 Å². The van der Waals surface area contributed by atoms with E-state index in [1.807, 2.05) is 24.3 Å². The van der Waals surface area contributed by atoms with Crippen molar-refractivity contribution in [2.24, 2.45) is 4.99 Å². The predicted octanol–water partition coefficient (Wildman–Crippen LogP) is 5.92. The van der Waals surface area contributed by atoms with Crippen molar-refractivity contribution in [1.29, 1.82) is 0 Å². The Morgan fingerprint density at radius 1 is 1.00 bits per heavy atom. The predicted molar refractivity (Wildman–Crippen MR) is 149 cm³/mol. The Hall–Kier alpha value is -4.23. The number of aromatic nitrogens is 1. The van der Waals surface area contributed by atoms with Crippen molar-refractivity contribution in [2.75, 3.05) is 18.4 Å². The fourth-order valence-corrected chi connectivity index (χ4v) is 4.73. The normalized spacial score (nSPS) is 14.3. The number of fused-ring (bicyclic) bond motifs is 1. The van der Waals surface area contributed by atoms with Crippen LogP contribution in [0.1, 0.15) is 47.7 Å². The Labute approximate surface area is 215 Å². The van der Waals surface area contributed by atoms with Crippen LogP contribution in [-0.4, -0.2) is 40.1 Å². The minimum absolute atomic E-state index is 0.0170. The van der Waals surface area contributed by atoms with Gasteiger partial charge in [0.1, 0.15) is 0 Å². The van der Waals surface area contributed by atoms with E-state index in [0.29, 0.717) is 21.9 Å². The summed E-state index contributed by atoms with van der Waals surface area (Å²) in [4.78, 5) is 33.8. The lowest BCUT2D eigenvalue weighted by molar-refractivity contribution is 0.101. The zero-order valence-corrected chi connectivity index (χ0v) is 20.8. The van der Waals surface area contributed by atoms with E-state index >= 15 is 0 Å². The second kappa shape index (κ2) is 10.8. The molecule has 0 aliphatic carbocycles. The first kappa shape index (κ1) is 24.5. The third kappa shape index (κ3) is 5.78. The topological polar surface area (TPSA) is 97.8 Å². The average Bonchev–Trinajstić information content (AvgIpc) is 2.90. The zero-order chi connectivity index (χ0) is 25.8. The Morgan fingerprint density at radius 2 is 1.76 bits per heavy atom. The van der Waals surface area contributed by atoms with Gasteiger partial charge in [0.15, 0.2) is 5.78 Å². The Bertz CT molecular complexity index is 1520. The van der Waals surface area contributed by atoms with E-state index < -0.39 is 0 Å². The number of H-pyrrole nitrogens is 1. The summed E-state index contributed by atoms with van der Waals surface area (Å²) in [5.41, 5.74) is 4.13. The number of benzene rings is 3. The maximum Gasteiger partial charge on any atom is 0.258 e. The van der Waals surface area contributed by atoms with Crippen LogP contribution in [0.25, 0.3) is 10.8 Å². The van der Waals surface area contributed by atoms with Gasteiger partial charge >= 0.3 is 0 Å². The summed E-state index contributed by atoms with van der Waals surface area (Å²) >= 11 is 0. The number of nitrogens with one attached hydrogen (secondary N) is 2. The number of carbonyl (C=O) groups excluding carboxylic acids is 1. The smallest absolute Gasteiger partial charge is 0.258 e. The molecule has 7 nitrogen and oxygen atoms in total. The van der Waals surface area contributed by atoms with Gasteiger partial charge in [0.05, 0.1) is 11.3 Å². The summed E-state index contributed by atoms with van der Waals surface area (Å²) in [7, 11) is 0. The molecule has 1 fully saturated rings. The molecule has 5 rings (SSSR count). The molecule has 7 heteroatoms. The third-order valence-corrected chi connectivity index (χ3v) is 6.73. The molecule has 3 aromatic carbocycles. The molecule has 0 amide bonds. The van der Waals surface area contributed by atoms with Crippen LogP contribution in [0, 0.1) is 0 Å². The molecule has 0 unspecified atom stereocenters. The van der Waals surface area contributed by atoms with E-state index in [4.69, 9.17) is 0 Å². The number of carbonyl (C=O) groups is 1. The molecule has 3 N–H and O–H groups in total. The second-order valence-corrected chi connectivity index (χ2v) is 9.50. The van der Waals surface area contributed by atoms with Crippen LogP contribution < -0.4 is 10.9 Å². The molecule has 0 saturated carbocycles. The molecule has 37 heavy (non-hydrogen) atoms. The summed E-state index contributed by atoms with van der Waals surface area (Å²) in [6.07, 6.45) is 5.43. The number of aromatic amines is 1. The Morgan fingerprint density at radius 3 is 2.51 bits per heavy atom. The number of hydrogen-bond acceptors (Lipinski definition) is 6. The second-order valence-electron chi connectivity index (χ2n) is 9.50. The van der Waals surface area contributed by atoms with Crippen molar-refractivity contribution in [1.82, 2.24) is 9.88 Å². The molecule has 0 radical (unpaired) electrons. The molecule has 0 atom stereocenters. The Balaban J connectivity index is 1.41. The lowest BCUT2D eigenvalue weighted by Crippen LogP contribution is -2.28. The number of ketones is 1. The van der Waals surface area contributed by atoms with Gasteiger partial charge in [-0.15, -0.1) is 0 Å². The highest BCUT2D eigenvalue weighted by molar-refractivity contribution is 6.03. The SMILES string of the molecule is CC(=O)c1cccc(Nc2ccc3c(=O)[nH]c(O)c(C=Nc4ccc(CN5CCCCC5)cc4)c3c2)c1. The number of aliphatic imine (C=N–C) groups is 1. The van der Waals surface area contributed by atoms with Crippen LogP contribution in [0.2, 0.25) is 0 Å². The number of anilines is 2. The highest BCUT2D eigenvalue weighted by Gasteiger charge is 2.12. The fourth-order valence-electron chi connectivity index (χ4n) is 4.73. The zero-order valence-electron chi connectivity index (χ0n) is 20.8. The molecule has 0 bridgehead atoms. The summed E-state index contributed by atoms with van der Waals surface area (Å²) in [6, 6.07) is 20.6. The fraction of sp³-hybridized carbons (Fsp3) is 0.233. The number of aromatic hydroxyl groups is 1. The van der Waals surface area contributed by atoms with Gasteiger partial charge in [-0.25, -0.2) is 0 Å². The number of hydrogen-bond donors (Lipinski definition) is 3. The van der Waals surface area contributed by atoms with Crippen LogP contribution in [0.3, 0.4) is 0 Å². The number of likely N-dealkylation sites (tertiary alicyclic amines) is 1. The average molecular weight is 495 g/mol. The maximum absolute atomic E-state index is 12.5. The molecule has 1 saturated heterocycles. The van der Waals surface area contributed by atoms with Crippen molar-refractivity contribution < 1.29 is 9.90 Å². The molecule has 1 aliphatic rings. The van der Waals surface area contributed by atoms with E-state index in [1.165, 1.54) is 31.7 Å². The molecule has 1 aromatic heterocycles. The summed E-state index contributed by atoms with van der Waals surface area (Å²) in [6.45, 7) is 4.77. The van der Waals surface area contributed by atoms with E-state index in [9.17, 15) is 14.7 Å². The number of Topliss-reactive ketones (excluding diaryl/α,β-unsaturated/α-hetero) is 1. The van der Waals surface area contributed by atoms with E-state index in [1.54, 1.807) is 36.5 Å². The van der Waals surface area contributed by atoms with E-state index in [-0.39, 0.29) is 17.2 Å². The van der Waals surface area contributed by atoms with Crippen molar-refractivity contribution in [3.05, 3.63) is 93.8 Å². The quantitative estimate of drug-likeness (QED) is 0.219. The van der Waals surface area contributed by atoms with Crippen molar-refractivity contribution in [3.8, 4) is 5.88 Å². The van der Waals surface area contributed by atoms with Crippen LogP contribution in [0.5, 0.6) is 5.88 Å². The van der Waals surface area contributed by atoms with Gasteiger partial charge in [-0.3, -0.25) is 24.5 Å². The lowest BCUT2D eigenvalue weighted by atomic mass is 10.1. The van der Waals surface area contributed by atoms with Crippen LogP contribution in [0.15, 0.2) is 76.5 Å². The van der Waals surface area contributed by atoms with Gasteiger partial charge in [0.2, 0.25) is 5.88 Å². The monoisotopic (exact) mass is 494 g/mol.